The maximum atomic E-state index is 5.36. The van der Waals surface area contributed by atoms with Crippen LogP contribution in [0.25, 0.3) is 0 Å². The van der Waals surface area contributed by atoms with Crippen LogP contribution in [-0.4, -0.2) is 67.1 Å². The Kier molecular flexibility index (Phi) is 6.83. The second kappa shape index (κ2) is 8.94. The molecule has 0 amide bonds. The van der Waals surface area contributed by atoms with Crippen molar-refractivity contribution in [2.24, 2.45) is 0 Å². The third-order valence-electron chi connectivity index (χ3n) is 3.42. The minimum absolute atomic E-state index is 0.786. The minimum atomic E-state index is 0.786. The van der Waals surface area contributed by atoms with Gasteiger partial charge in [-0.25, -0.2) is 4.98 Å². The lowest BCUT2D eigenvalue weighted by Gasteiger charge is -2.26. The highest BCUT2D eigenvalue weighted by Crippen LogP contribution is 2.05. The summed E-state index contributed by atoms with van der Waals surface area (Å²) < 4.78 is 12.9. The van der Waals surface area contributed by atoms with Crippen LogP contribution < -0.4 is 5.32 Å². The number of imidazole rings is 1. The van der Waals surface area contributed by atoms with E-state index in [1.807, 2.05) is 19.3 Å². The van der Waals surface area contributed by atoms with Gasteiger partial charge in [0.15, 0.2) is 0 Å². The van der Waals surface area contributed by atoms with Crippen molar-refractivity contribution in [3.8, 4) is 0 Å². The molecule has 6 heteroatoms. The number of morpholine rings is 1. The maximum absolute atomic E-state index is 5.36. The summed E-state index contributed by atoms with van der Waals surface area (Å²) in [7, 11) is 0. The first-order valence-corrected chi connectivity index (χ1v) is 7.53. The fraction of sp³-hybridized carbons (Fsp3) is 0.786. The molecule has 1 aromatic heterocycles. The summed E-state index contributed by atoms with van der Waals surface area (Å²) in [6.45, 7) is 10.3. The van der Waals surface area contributed by atoms with Crippen LogP contribution in [0.1, 0.15) is 13.3 Å². The molecule has 0 atom stereocenters. The van der Waals surface area contributed by atoms with Crippen molar-refractivity contribution in [3.63, 3.8) is 0 Å². The van der Waals surface area contributed by atoms with Crippen molar-refractivity contribution < 1.29 is 9.47 Å². The van der Waals surface area contributed by atoms with Crippen LogP contribution in [-0.2, 0) is 16.0 Å². The monoisotopic (exact) mass is 282 g/mol. The lowest BCUT2D eigenvalue weighted by molar-refractivity contribution is 0.0398. The summed E-state index contributed by atoms with van der Waals surface area (Å²) in [5.74, 6) is 0.953. The first-order valence-electron chi connectivity index (χ1n) is 7.53. The number of hydrogen-bond donors (Lipinski definition) is 1. The van der Waals surface area contributed by atoms with Crippen molar-refractivity contribution in [3.05, 3.63) is 12.4 Å². The van der Waals surface area contributed by atoms with E-state index in [9.17, 15) is 0 Å². The molecule has 0 radical (unpaired) electrons. The van der Waals surface area contributed by atoms with Crippen LogP contribution in [0.5, 0.6) is 0 Å². The number of ether oxygens (including phenoxy) is 2. The van der Waals surface area contributed by atoms with Crippen LogP contribution in [0, 0.1) is 0 Å². The molecule has 1 aliphatic heterocycles. The Morgan fingerprint density at radius 2 is 2.20 bits per heavy atom. The van der Waals surface area contributed by atoms with Crippen molar-refractivity contribution >= 4 is 5.95 Å². The first kappa shape index (κ1) is 15.3. The second-order valence-electron chi connectivity index (χ2n) is 4.88. The summed E-state index contributed by atoms with van der Waals surface area (Å²) in [6.07, 6.45) is 4.88. The van der Waals surface area contributed by atoms with E-state index in [1.165, 1.54) is 0 Å². The molecule has 0 bridgehead atoms. The molecule has 0 unspecified atom stereocenters. The Labute approximate surface area is 121 Å². The van der Waals surface area contributed by atoms with Gasteiger partial charge in [-0.2, -0.15) is 0 Å². The summed E-state index contributed by atoms with van der Waals surface area (Å²) in [6, 6.07) is 0. The highest BCUT2D eigenvalue weighted by atomic mass is 16.5. The predicted octanol–water partition coefficient (Wildman–Crippen LogP) is 1.05. The van der Waals surface area contributed by atoms with Crippen molar-refractivity contribution in [2.75, 3.05) is 57.9 Å². The Balaban J connectivity index is 1.65. The average Bonchev–Trinajstić information content (AvgIpc) is 2.92. The summed E-state index contributed by atoms with van der Waals surface area (Å²) in [5, 5.41) is 3.41. The van der Waals surface area contributed by atoms with Gasteiger partial charge < -0.3 is 19.4 Å². The molecular weight excluding hydrogens is 256 g/mol. The quantitative estimate of drug-likeness (QED) is 0.686. The van der Waals surface area contributed by atoms with E-state index in [0.717, 1.165) is 71.5 Å². The maximum Gasteiger partial charge on any atom is 0.202 e. The average molecular weight is 282 g/mol. The molecular formula is C14H26N4O2. The molecule has 0 aromatic carbocycles. The van der Waals surface area contributed by atoms with E-state index in [4.69, 9.17) is 9.47 Å². The smallest absolute Gasteiger partial charge is 0.202 e. The third-order valence-corrected chi connectivity index (χ3v) is 3.42. The fourth-order valence-electron chi connectivity index (χ4n) is 2.29. The number of aryl methyl sites for hydroxylation is 1. The zero-order chi connectivity index (χ0) is 14.0. The molecule has 1 aromatic rings. The molecule has 114 valence electrons. The van der Waals surface area contributed by atoms with Gasteiger partial charge in [0.1, 0.15) is 0 Å². The molecule has 0 spiro atoms. The molecule has 2 rings (SSSR count). The normalized spacial score (nSPS) is 16.4. The van der Waals surface area contributed by atoms with Crippen molar-refractivity contribution in [2.45, 2.75) is 19.9 Å². The molecule has 20 heavy (non-hydrogen) atoms. The number of rotatable bonds is 9. The molecule has 0 saturated carbocycles. The molecule has 1 fully saturated rings. The Bertz CT molecular complexity index is 364. The van der Waals surface area contributed by atoms with Crippen molar-refractivity contribution in [1.82, 2.24) is 14.5 Å². The van der Waals surface area contributed by atoms with E-state index >= 15 is 0 Å². The topological polar surface area (TPSA) is 51.5 Å². The Morgan fingerprint density at radius 3 is 3.00 bits per heavy atom. The van der Waals surface area contributed by atoms with Crippen LogP contribution >= 0.6 is 0 Å². The third kappa shape index (κ3) is 5.11. The van der Waals surface area contributed by atoms with Gasteiger partial charge in [0, 0.05) is 58.3 Å². The molecule has 0 aliphatic carbocycles. The summed E-state index contributed by atoms with van der Waals surface area (Å²) >= 11 is 0. The van der Waals surface area contributed by atoms with Gasteiger partial charge in [-0.15, -0.1) is 0 Å². The largest absolute Gasteiger partial charge is 0.382 e. The SMILES string of the molecule is CCOCCCn1ccnc1NCCN1CCOCC1. The highest BCUT2D eigenvalue weighted by Gasteiger charge is 2.09. The fourth-order valence-corrected chi connectivity index (χ4v) is 2.29. The predicted molar refractivity (Wildman–Crippen MR) is 79.1 cm³/mol. The number of hydrogen-bond acceptors (Lipinski definition) is 5. The standard InChI is InChI=1S/C14H26N4O2/c1-2-19-11-3-6-18-8-5-16-14(18)15-4-7-17-9-12-20-13-10-17/h5,8H,2-4,6-7,9-13H2,1H3,(H,15,16). The van der Waals surface area contributed by atoms with E-state index in [0.29, 0.717) is 0 Å². The second-order valence-corrected chi connectivity index (χ2v) is 4.88. The summed E-state index contributed by atoms with van der Waals surface area (Å²) in [5.41, 5.74) is 0. The lowest BCUT2D eigenvalue weighted by Crippen LogP contribution is -2.39. The number of nitrogens with zero attached hydrogens (tertiary/aromatic N) is 3. The molecule has 1 saturated heterocycles. The van der Waals surface area contributed by atoms with Gasteiger partial charge in [-0.3, -0.25) is 4.90 Å². The lowest BCUT2D eigenvalue weighted by atomic mass is 10.4. The van der Waals surface area contributed by atoms with Gasteiger partial charge in [0.05, 0.1) is 13.2 Å². The van der Waals surface area contributed by atoms with Gasteiger partial charge >= 0.3 is 0 Å². The molecule has 2 heterocycles. The van der Waals surface area contributed by atoms with Gasteiger partial charge in [0.25, 0.3) is 0 Å². The highest BCUT2D eigenvalue weighted by molar-refractivity contribution is 5.25. The number of aromatic nitrogens is 2. The van der Waals surface area contributed by atoms with Crippen LogP contribution in [0.3, 0.4) is 0 Å². The van der Waals surface area contributed by atoms with E-state index in [1.54, 1.807) is 0 Å². The van der Waals surface area contributed by atoms with E-state index < -0.39 is 0 Å². The van der Waals surface area contributed by atoms with Gasteiger partial charge in [0.2, 0.25) is 5.95 Å². The van der Waals surface area contributed by atoms with E-state index in [-0.39, 0.29) is 0 Å². The zero-order valence-electron chi connectivity index (χ0n) is 12.4. The van der Waals surface area contributed by atoms with Crippen molar-refractivity contribution in [1.29, 1.82) is 0 Å². The van der Waals surface area contributed by atoms with Crippen LogP contribution in [0.2, 0.25) is 0 Å². The number of anilines is 1. The first-order chi connectivity index (χ1) is 9.90. The summed E-state index contributed by atoms with van der Waals surface area (Å²) in [4.78, 5) is 6.78. The van der Waals surface area contributed by atoms with Crippen LogP contribution in [0.4, 0.5) is 5.95 Å². The zero-order valence-corrected chi connectivity index (χ0v) is 12.4. The number of nitrogens with one attached hydrogen (secondary N) is 1. The van der Waals surface area contributed by atoms with Gasteiger partial charge in [-0.05, 0) is 13.3 Å². The molecule has 6 nitrogen and oxygen atoms in total. The minimum Gasteiger partial charge on any atom is -0.382 e. The van der Waals surface area contributed by atoms with E-state index in [2.05, 4.69) is 19.8 Å². The Morgan fingerprint density at radius 1 is 1.35 bits per heavy atom. The molecule has 1 aliphatic rings. The molecule has 1 N–H and O–H groups in total. The van der Waals surface area contributed by atoms with Crippen LogP contribution in [0.15, 0.2) is 12.4 Å². The van der Waals surface area contributed by atoms with Gasteiger partial charge in [-0.1, -0.05) is 0 Å². The Hall–Kier alpha value is -1.11.